The number of benzene rings is 1. The first-order chi connectivity index (χ1) is 21.9. The van der Waals surface area contributed by atoms with Crippen LogP contribution >= 0.6 is 0 Å². The zero-order valence-electron chi connectivity index (χ0n) is 26.6. The van der Waals surface area contributed by atoms with Crippen LogP contribution in [0.4, 0.5) is 0 Å². The molecule has 0 radical (unpaired) electrons. The topological polar surface area (TPSA) is 130 Å². The Morgan fingerprint density at radius 3 is 2.20 bits per heavy atom. The summed E-state index contributed by atoms with van der Waals surface area (Å²) < 4.78 is 56.7. The molecule has 0 amide bonds. The summed E-state index contributed by atoms with van der Waals surface area (Å²) in [5, 5.41) is 0. The summed E-state index contributed by atoms with van der Waals surface area (Å²) >= 11 is 0. The minimum atomic E-state index is -0.989. The summed E-state index contributed by atoms with van der Waals surface area (Å²) in [7, 11) is 6.86. The number of carbonyl (C=O) groups is 2. The van der Waals surface area contributed by atoms with E-state index in [9.17, 15) is 9.59 Å². The molecule has 1 fully saturated rings. The fraction of sp³-hybridized carbons (Fsp3) is 0.688. The zero-order chi connectivity index (χ0) is 31.9. The Morgan fingerprint density at radius 2 is 1.53 bits per heavy atom. The van der Waals surface area contributed by atoms with Crippen LogP contribution < -0.4 is 9.47 Å². The molecule has 45 heavy (non-hydrogen) atoms. The fourth-order valence-electron chi connectivity index (χ4n) is 7.19. The lowest BCUT2D eigenvalue weighted by atomic mass is 9.50. The van der Waals surface area contributed by atoms with Crippen LogP contribution in [0.3, 0.4) is 0 Å². The second-order valence-corrected chi connectivity index (χ2v) is 11.5. The number of likely N-dealkylation sites (N-methyl/N-ethyl adjacent to an activating group) is 1. The molecule has 0 aromatic heterocycles. The van der Waals surface area contributed by atoms with Crippen molar-refractivity contribution in [1.29, 1.82) is 0 Å². The van der Waals surface area contributed by atoms with Gasteiger partial charge in [0, 0.05) is 26.2 Å². The van der Waals surface area contributed by atoms with E-state index in [0.29, 0.717) is 76.2 Å². The molecule has 1 aromatic rings. The summed E-state index contributed by atoms with van der Waals surface area (Å²) in [5.74, 6) is 0.536. The SMILES string of the molecule is COCCOCCOCC(=O)OC1=CC[C@@]2(OC(=O)COCCOCCOC)[C@H]3Cc4ccc(OC)c5c4[C@@]2(CCN3C)[C@H]1O5. The van der Waals surface area contributed by atoms with Gasteiger partial charge in [-0.25, -0.2) is 9.59 Å². The van der Waals surface area contributed by atoms with Crippen molar-refractivity contribution in [2.75, 3.05) is 101 Å². The number of likely N-dealkylation sites (tertiary alicyclic amines) is 1. The standard InChI is InChI=1S/C32H45NO12/c1-33-10-9-31-28-22-5-6-23(38-4)29(28)44-30(31)24(43-26(34)20-41-17-15-39-13-11-36-2)7-8-32(31,25(33)19-22)45-27(35)21-42-18-16-40-14-12-37-3/h5-7,25,30H,8-21H2,1-4H3/t25-,30+,31+,32-/m1/s1. The predicted octanol–water partition coefficient (Wildman–Crippen LogP) is 1.43. The van der Waals surface area contributed by atoms with Gasteiger partial charge in [-0.2, -0.15) is 0 Å². The number of hydrogen-bond donors (Lipinski definition) is 0. The van der Waals surface area contributed by atoms with E-state index in [1.54, 1.807) is 21.3 Å². The van der Waals surface area contributed by atoms with Crippen molar-refractivity contribution in [2.45, 2.75) is 42.4 Å². The summed E-state index contributed by atoms with van der Waals surface area (Å²) in [6.07, 6.45) is 2.72. The maximum Gasteiger partial charge on any atom is 0.337 e. The quantitative estimate of drug-likeness (QED) is 0.161. The smallest absolute Gasteiger partial charge is 0.337 e. The van der Waals surface area contributed by atoms with Crippen LogP contribution in [-0.4, -0.2) is 136 Å². The van der Waals surface area contributed by atoms with Gasteiger partial charge in [-0.15, -0.1) is 0 Å². The van der Waals surface area contributed by atoms with E-state index in [1.807, 2.05) is 12.1 Å². The monoisotopic (exact) mass is 635 g/mol. The number of nitrogens with zero attached hydrogens (tertiary/aromatic N) is 1. The number of methoxy groups -OCH3 is 3. The van der Waals surface area contributed by atoms with Gasteiger partial charge in [0.15, 0.2) is 17.6 Å². The summed E-state index contributed by atoms with van der Waals surface area (Å²) in [6, 6.07) is 3.82. The van der Waals surface area contributed by atoms with Gasteiger partial charge in [0.25, 0.3) is 0 Å². The number of hydrogen-bond acceptors (Lipinski definition) is 13. The van der Waals surface area contributed by atoms with Gasteiger partial charge in [0.05, 0.1) is 71.4 Å². The van der Waals surface area contributed by atoms with E-state index in [4.69, 9.17) is 47.4 Å². The molecule has 0 saturated carbocycles. The van der Waals surface area contributed by atoms with Gasteiger partial charge >= 0.3 is 11.9 Å². The number of piperidine rings is 1. The highest BCUT2D eigenvalue weighted by molar-refractivity contribution is 5.75. The van der Waals surface area contributed by atoms with E-state index in [1.165, 1.54) is 0 Å². The molecule has 4 aliphatic rings. The van der Waals surface area contributed by atoms with E-state index in [-0.39, 0.29) is 32.5 Å². The maximum atomic E-state index is 13.4. The molecule has 4 atom stereocenters. The predicted molar refractivity (Wildman–Crippen MR) is 158 cm³/mol. The van der Waals surface area contributed by atoms with Crippen molar-refractivity contribution in [1.82, 2.24) is 4.90 Å². The molecule has 1 aromatic carbocycles. The molecule has 13 nitrogen and oxygen atoms in total. The molecule has 0 N–H and O–H groups in total. The highest BCUT2D eigenvalue weighted by atomic mass is 16.6. The van der Waals surface area contributed by atoms with E-state index in [0.717, 1.165) is 17.7 Å². The van der Waals surface area contributed by atoms with Crippen LogP contribution in [0.2, 0.25) is 0 Å². The summed E-state index contributed by atoms with van der Waals surface area (Å²) in [6.45, 7) is 3.30. The molecular weight excluding hydrogens is 590 g/mol. The van der Waals surface area contributed by atoms with Crippen LogP contribution in [-0.2, 0) is 59.3 Å². The molecule has 2 aliphatic carbocycles. The first kappa shape index (κ1) is 33.6. The highest BCUT2D eigenvalue weighted by Gasteiger charge is 2.74. The highest BCUT2D eigenvalue weighted by Crippen LogP contribution is 2.66. The molecule has 5 rings (SSSR count). The Hall–Kier alpha value is -2.78. The molecule has 250 valence electrons. The molecule has 13 heteroatoms. The fourth-order valence-corrected chi connectivity index (χ4v) is 7.19. The molecule has 2 aliphatic heterocycles. The second-order valence-electron chi connectivity index (χ2n) is 11.5. The minimum absolute atomic E-state index is 0.138. The molecule has 1 spiro atoms. The van der Waals surface area contributed by atoms with Crippen molar-refractivity contribution in [3.05, 3.63) is 35.1 Å². The van der Waals surface area contributed by atoms with Crippen LogP contribution in [0.15, 0.2) is 24.0 Å². The van der Waals surface area contributed by atoms with Crippen LogP contribution in [0.25, 0.3) is 0 Å². The van der Waals surface area contributed by atoms with E-state index < -0.39 is 29.1 Å². The first-order valence-electron chi connectivity index (χ1n) is 15.4. The Labute approximate surface area is 263 Å². The lowest BCUT2D eigenvalue weighted by molar-refractivity contribution is -0.209. The van der Waals surface area contributed by atoms with Crippen LogP contribution in [0.5, 0.6) is 11.5 Å². The normalized spacial score (nSPS) is 26.1. The lowest BCUT2D eigenvalue weighted by Gasteiger charge is -2.62. The van der Waals surface area contributed by atoms with Gasteiger partial charge < -0.3 is 47.4 Å². The summed E-state index contributed by atoms with van der Waals surface area (Å²) in [4.78, 5) is 28.6. The first-order valence-corrected chi connectivity index (χ1v) is 15.4. The number of carbonyl (C=O) groups excluding carboxylic acids is 2. The van der Waals surface area contributed by atoms with Crippen molar-refractivity contribution in [3.8, 4) is 11.5 Å². The van der Waals surface area contributed by atoms with Gasteiger partial charge in [-0.1, -0.05) is 6.07 Å². The molecule has 1 saturated heterocycles. The minimum Gasteiger partial charge on any atom is -0.493 e. The molecular formula is C32H45NO12. The second kappa shape index (κ2) is 15.2. The Bertz CT molecular complexity index is 1220. The van der Waals surface area contributed by atoms with E-state index >= 15 is 0 Å². The number of esters is 2. The van der Waals surface area contributed by atoms with Gasteiger partial charge in [-0.3, -0.25) is 4.90 Å². The van der Waals surface area contributed by atoms with Gasteiger partial charge in [0.1, 0.15) is 24.6 Å². The third kappa shape index (κ3) is 6.57. The van der Waals surface area contributed by atoms with Gasteiger partial charge in [0.2, 0.25) is 0 Å². The van der Waals surface area contributed by atoms with Crippen LogP contribution in [0, 0.1) is 0 Å². The zero-order valence-corrected chi connectivity index (χ0v) is 26.6. The Kier molecular flexibility index (Phi) is 11.3. The van der Waals surface area contributed by atoms with Crippen LogP contribution in [0.1, 0.15) is 24.0 Å². The number of ether oxygens (including phenoxy) is 10. The Morgan fingerprint density at radius 1 is 0.889 bits per heavy atom. The van der Waals surface area contributed by atoms with Gasteiger partial charge in [-0.05, 0) is 44.1 Å². The summed E-state index contributed by atoms with van der Waals surface area (Å²) in [5.41, 5.74) is 0.269. The van der Waals surface area contributed by atoms with Crippen molar-refractivity contribution >= 4 is 11.9 Å². The average Bonchev–Trinajstić information content (AvgIpc) is 3.39. The lowest BCUT2D eigenvalue weighted by Crippen LogP contribution is -2.76. The van der Waals surface area contributed by atoms with Crippen molar-refractivity contribution in [2.24, 2.45) is 0 Å². The molecule has 2 bridgehead atoms. The third-order valence-electron chi connectivity index (χ3n) is 9.09. The third-order valence-corrected chi connectivity index (χ3v) is 9.09. The Balaban J connectivity index is 1.36. The van der Waals surface area contributed by atoms with E-state index in [2.05, 4.69) is 18.0 Å². The van der Waals surface area contributed by atoms with Crippen molar-refractivity contribution < 1.29 is 57.0 Å². The largest absolute Gasteiger partial charge is 0.493 e. The molecule has 2 heterocycles. The molecule has 0 unspecified atom stereocenters. The average molecular weight is 636 g/mol. The van der Waals surface area contributed by atoms with Crippen molar-refractivity contribution in [3.63, 3.8) is 0 Å². The number of rotatable bonds is 19. The maximum absolute atomic E-state index is 13.4.